The van der Waals surface area contributed by atoms with Gasteiger partial charge in [-0.15, -0.1) is 0 Å². The van der Waals surface area contributed by atoms with E-state index in [9.17, 15) is 18.8 Å². The minimum atomic E-state index is -0.997. The first-order chi connectivity index (χ1) is 18.4. The van der Waals surface area contributed by atoms with Gasteiger partial charge in [-0.3, -0.25) is 9.89 Å². The van der Waals surface area contributed by atoms with Gasteiger partial charge in [0.2, 0.25) is 0 Å². The Morgan fingerprint density at radius 1 is 1.00 bits per heavy atom. The van der Waals surface area contributed by atoms with Gasteiger partial charge in [0, 0.05) is 29.9 Å². The van der Waals surface area contributed by atoms with Crippen LogP contribution in [-0.2, 0) is 6.54 Å². The topological polar surface area (TPSA) is 119 Å². The summed E-state index contributed by atoms with van der Waals surface area (Å²) in [6, 6.07) is 16.1. The van der Waals surface area contributed by atoms with Gasteiger partial charge in [-0.05, 0) is 47.9 Å². The number of fused-ring (bicyclic) bond motifs is 1. The number of nitrogens with zero attached hydrogens (tertiary/aromatic N) is 4. The Hall–Kier alpha value is -5.17. The van der Waals surface area contributed by atoms with Gasteiger partial charge in [0.15, 0.2) is 17.3 Å². The lowest BCUT2D eigenvalue weighted by atomic mass is 10.0. The molecule has 0 radical (unpaired) electrons. The molecule has 5 aromatic rings. The average molecular weight is 510 g/mol. The summed E-state index contributed by atoms with van der Waals surface area (Å²) < 4.78 is 26.9. The molecule has 0 spiro atoms. The van der Waals surface area contributed by atoms with E-state index in [1.807, 2.05) is 36.4 Å². The highest BCUT2D eigenvalue weighted by Crippen LogP contribution is 2.23. The van der Waals surface area contributed by atoms with Crippen molar-refractivity contribution in [2.75, 3.05) is 5.32 Å². The summed E-state index contributed by atoms with van der Waals surface area (Å²) in [4.78, 5) is 21.7. The van der Waals surface area contributed by atoms with Crippen LogP contribution in [0.4, 0.5) is 14.6 Å². The van der Waals surface area contributed by atoms with Gasteiger partial charge < -0.3 is 10.6 Å². The Kier molecular flexibility index (Phi) is 6.74. The van der Waals surface area contributed by atoms with Gasteiger partial charge in [-0.25, -0.2) is 18.7 Å². The molecule has 10 heteroatoms. The third-order valence-corrected chi connectivity index (χ3v) is 6.09. The van der Waals surface area contributed by atoms with Gasteiger partial charge in [0.1, 0.15) is 11.9 Å². The molecular formula is C28H21F2N7O. The Balaban J connectivity index is 1.30. The number of pyridine rings is 2. The molecule has 0 bridgehead atoms. The lowest BCUT2D eigenvalue weighted by Crippen LogP contribution is -2.28. The number of hydrogen-bond donors (Lipinski definition) is 3. The van der Waals surface area contributed by atoms with Crippen molar-refractivity contribution in [2.45, 2.75) is 19.5 Å². The molecule has 0 fully saturated rings. The molecule has 0 unspecified atom stereocenters. The molecule has 0 aliphatic carbocycles. The van der Waals surface area contributed by atoms with Crippen molar-refractivity contribution in [1.29, 1.82) is 5.26 Å². The second-order valence-electron chi connectivity index (χ2n) is 8.68. The van der Waals surface area contributed by atoms with E-state index in [4.69, 9.17) is 0 Å². The molecular weight excluding hydrogens is 488 g/mol. The summed E-state index contributed by atoms with van der Waals surface area (Å²) in [5.41, 5.74) is 4.40. The largest absolute Gasteiger partial charge is 0.365 e. The molecule has 1 atom stereocenters. The second kappa shape index (κ2) is 10.4. The molecule has 38 heavy (non-hydrogen) atoms. The van der Waals surface area contributed by atoms with Gasteiger partial charge in [0.25, 0.3) is 5.91 Å². The standard InChI is InChI=1S/C28H21F2N7O/c1-16(20-6-7-24(29)25(30)10-20)36-28(38)23-8-18(11-31)13-33-27(23)32-12-17-2-4-19(5-3-17)21-9-22-15-35-37-26(22)34-14-21/h2-10,13-16H,12H2,1H3,(H,32,33)(H,36,38)(H,34,35,37)/t16-/m0/s1. The van der Waals surface area contributed by atoms with Crippen molar-refractivity contribution in [1.82, 2.24) is 25.5 Å². The molecule has 5 rings (SSSR count). The molecule has 3 heterocycles. The summed E-state index contributed by atoms with van der Waals surface area (Å²) >= 11 is 0. The summed E-state index contributed by atoms with van der Waals surface area (Å²) in [5.74, 6) is -2.18. The number of hydrogen-bond acceptors (Lipinski definition) is 6. The zero-order valence-electron chi connectivity index (χ0n) is 20.2. The van der Waals surface area contributed by atoms with Crippen LogP contribution in [-0.4, -0.2) is 26.1 Å². The number of benzene rings is 2. The van der Waals surface area contributed by atoms with E-state index in [0.29, 0.717) is 12.1 Å². The Bertz CT molecular complexity index is 1680. The lowest BCUT2D eigenvalue weighted by Gasteiger charge is -2.17. The van der Waals surface area contributed by atoms with E-state index in [-0.39, 0.29) is 16.9 Å². The summed E-state index contributed by atoms with van der Waals surface area (Å²) in [6.45, 7) is 2.03. The van der Waals surface area contributed by atoms with Gasteiger partial charge in [0.05, 0.1) is 23.4 Å². The highest BCUT2D eigenvalue weighted by atomic mass is 19.2. The van der Waals surface area contributed by atoms with Gasteiger partial charge >= 0.3 is 0 Å². The number of aromatic amines is 1. The quantitative estimate of drug-likeness (QED) is 0.275. The van der Waals surface area contributed by atoms with E-state index in [2.05, 4.69) is 30.8 Å². The maximum atomic E-state index is 13.6. The number of nitrogens with one attached hydrogen (secondary N) is 3. The number of anilines is 1. The van der Waals surface area contributed by atoms with E-state index < -0.39 is 23.6 Å². The predicted octanol–water partition coefficient (Wildman–Crippen LogP) is 5.27. The molecule has 8 nitrogen and oxygen atoms in total. The molecule has 2 aromatic carbocycles. The average Bonchev–Trinajstić information content (AvgIpc) is 3.41. The third kappa shape index (κ3) is 5.17. The predicted molar refractivity (Wildman–Crippen MR) is 138 cm³/mol. The number of nitriles is 1. The SMILES string of the molecule is C[C@H](NC(=O)c1cc(C#N)cnc1NCc1ccc(-c2cnc3[nH]ncc3c2)cc1)c1ccc(F)c(F)c1. The zero-order chi connectivity index (χ0) is 26.6. The number of rotatable bonds is 7. The first-order valence-electron chi connectivity index (χ1n) is 11.7. The summed E-state index contributed by atoms with van der Waals surface area (Å²) in [7, 11) is 0. The smallest absolute Gasteiger partial charge is 0.255 e. The van der Waals surface area contributed by atoms with Crippen LogP contribution in [0.15, 0.2) is 73.2 Å². The molecule has 1 amide bonds. The van der Waals surface area contributed by atoms with Crippen LogP contribution >= 0.6 is 0 Å². The Morgan fingerprint density at radius 3 is 2.58 bits per heavy atom. The number of aromatic nitrogens is 4. The summed E-state index contributed by atoms with van der Waals surface area (Å²) in [5, 5.41) is 23.0. The molecule has 3 aromatic heterocycles. The van der Waals surface area contributed by atoms with Crippen molar-refractivity contribution in [3.63, 3.8) is 0 Å². The second-order valence-corrected chi connectivity index (χ2v) is 8.68. The molecule has 0 aliphatic rings. The molecule has 3 N–H and O–H groups in total. The van der Waals surface area contributed by atoms with Gasteiger partial charge in [-0.2, -0.15) is 10.4 Å². The minimum Gasteiger partial charge on any atom is -0.365 e. The normalized spacial score (nSPS) is 11.6. The number of halogens is 2. The van der Waals surface area contributed by atoms with Crippen LogP contribution in [0.25, 0.3) is 22.2 Å². The highest BCUT2D eigenvalue weighted by molar-refractivity contribution is 5.99. The van der Waals surface area contributed by atoms with Crippen LogP contribution in [0.2, 0.25) is 0 Å². The zero-order valence-corrected chi connectivity index (χ0v) is 20.2. The van der Waals surface area contributed by atoms with Crippen molar-refractivity contribution < 1.29 is 13.6 Å². The minimum absolute atomic E-state index is 0.162. The number of carbonyl (C=O) groups is 1. The number of carbonyl (C=O) groups excluding carboxylic acids is 1. The monoisotopic (exact) mass is 509 g/mol. The number of H-pyrrole nitrogens is 1. The van der Waals surface area contributed by atoms with Crippen molar-refractivity contribution in [3.05, 3.63) is 107 Å². The van der Waals surface area contributed by atoms with Crippen LogP contribution < -0.4 is 10.6 Å². The van der Waals surface area contributed by atoms with Crippen LogP contribution in [0.5, 0.6) is 0 Å². The van der Waals surface area contributed by atoms with Gasteiger partial charge in [-0.1, -0.05) is 30.3 Å². The third-order valence-electron chi connectivity index (χ3n) is 6.09. The van der Waals surface area contributed by atoms with E-state index in [1.54, 1.807) is 19.3 Å². The highest BCUT2D eigenvalue weighted by Gasteiger charge is 2.18. The van der Waals surface area contributed by atoms with Crippen LogP contribution in [0, 0.1) is 23.0 Å². The van der Waals surface area contributed by atoms with E-state index >= 15 is 0 Å². The first kappa shape index (κ1) is 24.5. The maximum Gasteiger partial charge on any atom is 0.255 e. The summed E-state index contributed by atoms with van der Waals surface area (Å²) in [6.07, 6.45) is 4.88. The lowest BCUT2D eigenvalue weighted by molar-refractivity contribution is 0.0940. The fourth-order valence-corrected chi connectivity index (χ4v) is 3.97. The molecule has 0 saturated carbocycles. The Labute approximate surface area is 216 Å². The molecule has 0 saturated heterocycles. The van der Waals surface area contributed by atoms with Crippen molar-refractivity contribution in [2.24, 2.45) is 0 Å². The number of amides is 1. The maximum absolute atomic E-state index is 13.6. The van der Waals surface area contributed by atoms with E-state index in [1.165, 1.54) is 18.3 Å². The fourth-order valence-electron chi connectivity index (χ4n) is 3.97. The van der Waals surface area contributed by atoms with Crippen molar-refractivity contribution in [3.8, 4) is 17.2 Å². The Morgan fingerprint density at radius 2 is 1.82 bits per heavy atom. The van der Waals surface area contributed by atoms with E-state index in [0.717, 1.165) is 39.9 Å². The first-order valence-corrected chi connectivity index (χ1v) is 11.7. The van der Waals surface area contributed by atoms with Crippen LogP contribution in [0.3, 0.4) is 0 Å². The molecule has 188 valence electrons. The van der Waals surface area contributed by atoms with Crippen molar-refractivity contribution >= 4 is 22.8 Å². The van der Waals surface area contributed by atoms with Crippen LogP contribution in [0.1, 0.15) is 40.0 Å². The molecule has 0 aliphatic heterocycles. The fraction of sp³-hybridized carbons (Fsp3) is 0.107.